The van der Waals surface area contributed by atoms with E-state index in [2.05, 4.69) is 23.5 Å². The van der Waals surface area contributed by atoms with Crippen LogP contribution in [0.2, 0.25) is 0 Å². The number of rotatable bonds is 8. The highest BCUT2D eigenvalue weighted by atomic mass is 16.2. The van der Waals surface area contributed by atoms with Crippen molar-refractivity contribution in [2.24, 2.45) is 9.98 Å². The number of likely N-dealkylation sites (N-methyl/N-ethyl adjacent to an activating group) is 1. The first-order valence-corrected chi connectivity index (χ1v) is 11.9. The zero-order valence-electron chi connectivity index (χ0n) is 21.8. The molecule has 0 heterocycles. The normalized spacial score (nSPS) is 15.1. The number of allylic oxidation sites excluding steroid dienone is 5. The van der Waals surface area contributed by atoms with E-state index in [0.717, 1.165) is 16.7 Å². The molecule has 188 valence electrons. The van der Waals surface area contributed by atoms with Crippen LogP contribution in [0, 0.1) is 6.92 Å². The van der Waals surface area contributed by atoms with Crippen molar-refractivity contribution >= 4 is 35.1 Å². The van der Waals surface area contributed by atoms with Gasteiger partial charge < -0.3 is 10.2 Å². The average Bonchev–Trinajstić information content (AvgIpc) is 2.89. The number of hydrogen-bond acceptors (Lipinski definition) is 4. The summed E-state index contributed by atoms with van der Waals surface area (Å²) in [6.07, 6.45) is 9.14. The van der Waals surface area contributed by atoms with Crippen LogP contribution in [0.3, 0.4) is 0 Å². The number of nitrogens with zero attached hydrogens (tertiary/aromatic N) is 3. The number of carbonyl (C=O) groups excluding carboxylic acids is 2. The standard InChI is InChI=1S/C31H32N4O2/c1-7-32-22(3)20-35(6)31(37)25-16-18-26(19-17-25)34-30(36)23(4)28-14-10-11-15-29(28)33-24(5)27-13-9-8-12-21(27)2/h7-19H,3,5,20H2,1-2,4,6H3,(H,34,36)/b28-23+,32-7?,33-29?. The van der Waals surface area contributed by atoms with E-state index in [9.17, 15) is 9.59 Å². The molecular weight excluding hydrogens is 460 g/mol. The number of hydrogen-bond donors (Lipinski definition) is 1. The molecular formula is C31H32N4O2. The van der Waals surface area contributed by atoms with Gasteiger partial charge in [0, 0.05) is 41.2 Å². The van der Waals surface area contributed by atoms with Gasteiger partial charge in [0.25, 0.3) is 11.8 Å². The SMILES string of the molecule is C=C(CN(C)C(=O)c1ccc(NC(=O)/C(C)=C2\C=CC=CC2=NC(=C)c2ccccc2C)cc1)N=CC. The first-order valence-electron chi connectivity index (χ1n) is 11.9. The maximum absolute atomic E-state index is 13.1. The van der Waals surface area contributed by atoms with Gasteiger partial charge in [0.15, 0.2) is 0 Å². The molecule has 0 aliphatic heterocycles. The van der Waals surface area contributed by atoms with Gasteiger partial charge >= 0.3 is 0 Å². The molecule has 2 amide bonds. The third-order valence-electron chi connectivity index (χ3n) is 5.83. The van der Waals surface area contributed by atoms with E-state index < -0.39 is 0 Å². The summed E-state index contributed by atoms with van der Waals surface area (Å²) in [7, 11) is 1.70. The molecule has 0 unspecified atom stereocenters. The van der Waals surface area contributed by atoms with Crippen molar-refractivity contribution in [1.82, 2.24) is 4.90 Å². The summed E-state index contributed by atoms with van der Waals surface area (Å²) in [5, 5.41) is 2.91. The van der Waals surface area contributed by atoms with Crippen LogP contribution in [0.15, 0.2) is 113 Å². The van der Waals surface area contributed by atoms with E-state index in [0.29, 0.717) is 40.5 Å². The van der Waals surface area contributed by atoms with Gasteiger partial charge in [-0.15, -0.1) is 0 Å². The molecule has 0 atom stereocenters. The number of aliphatic imine (C=N–C) groups is 2. The largest absolute Gasteiger partial charge is 0.336 e. The summed E-state index contributed by atoms with van der Waals surface area (Å²) in [6.45, 7) is 13.9. The Balaban J connectivity index is 1.75. The molecule has 0 saturated carbocycles. The zero-order chi connectivity index (χ0) is 26.9. The van der Waals surface area contributed by atoms with Gasteiger partial charge in [-0.3, -0.25) is 14.6 Å². The van der Waals surface area contributed by atoms with Crippen LogP contribution in [0.5, 0.6) is 0 Å². The average molecular weight is 493 g/mol. The fraction of sp³-hybridized carbons (Fsp3) is 0.161. The molecule has 37 heavy (non-hydrogen) atoms. The van der Waals surface area contributed by atoms with Crippen molar-refractivity contribution in [2.45, 2.75) is 20.8 Å². The summed E-state index contributed by atoms with van der Waals surface area (Å²) < 4.78 is 0. The zero-order valence-corrected chi connectivity index (χ0v) is 21.8. The second-order valence-corrected chi connectivity index (χ2v) is 8.66. The van der Waals surface area contributed by atoms with Crippen LogP contribution in [0.4, 0.5) is 5.69 Å². The van der Waals surface area contributed by atoms with Crippen LogP contribution in [-0.2, 0) is 4.79 Å². The van der Waals surface area contributed by atoms with E-state index in [-0.39, 0.29) is 11.8 Å². The molecule has 6 nitrogen and oxygen atoms in total. The molecule has 2 aromatic carbocycles. The summed E-state index contributed by atoms with van der Waals surface area (Å²) in [4.78, 5) is 36.1. The lowest BCUT2D eigenvalue weighted by molar-refractivity contribution is -0.112. The molecule has 0 spiro atoms. The number of carbonyl (C=O) groups is 2. The van der Waals surface area contributed by atoms with E-state index in [1.54, 1.807) is 56.3 Å². The molecule has 0 bridgehead atoms. The third-order valence-corrected chi connectivity index (χ3v) is 5.83. The topological polar surface area (TPSA) is 74.1 Å². The Hall–Kier alpha value is -4.58. The Morgan fingerprint density at radius 2 is 1.70 bits per heavy atom. The van der Waals surface area contributed by atoms with Crippen LogP contribution >= 0.6 is 0 Å². The molecule has 0 radical (unpaired) electrons. The highest BCUT2D eigenvalue weighted by molar-refractivity contribution is 6.19. The minimum absolute atomic E-state index is 0.155. The number of aryl methyl sites for hydroxylation is 1. The fourth-order valence-electron chi connectivity index (χ4n) is 3.82. The smallest absolute Gasteiger partial charge is 0.253 e. The minimum Gasteiger partial charge on any atom is -0.336 e. The maximum atomic E-state index is 13.1. The van der Waals surface area contributed by atoms with E-state index in [1.165, 1.54) is 0 Å². The molecule has 0 aromatic heterocycles. The Kier molecular flexibility index (Phi) is 9.05. The second kappa shape index (κ2) is 12.4. The third kappa shape index (κ3) is 6.98. The van der Waals surface area contributed by atoms with Crippen molar-refractivity contribution in [3.05, 3.63) is 120 Å². The van der Waals surface area contributed by atoms with Crippen molar-refractivity contribution in [3.8, 4) is 0 Å². The molecule has 0 saturated heterocycles. The van der Waals surface area contributed by atoms with Gasteiger partial charge in [0.05, 0.1) is 23.7 Å². The summed E-state index contributed by atoms with van der Waals surface area (Å²) in [6, 6.07) is 14.7. The molecule has 3 rings (SSSR count). The Morgan fingerprint density at radius 1 is 1.03 bits per heavy atom. The summed E-state index contributed by atoms with van der Waals surface area (Å²) in [5.41, 5.74) is 6.28. The number of amides is 2. The number of benzene rings is 2. The molecule has 0 fully saturated rings. The van der Waals surface area contributed by atoms with Crippen LogP contribution in [-0.4, -0.2) is 42.2 Å². The van der Waals surface area contributed by atoms with Crippen LogP contribution in [0.25, 0.3) is 5.70 Å². The van der Waals surface area contributed by atoms with Crippen molar-refractivity contribution < 1.29 is 9.59 Å². The highest BCUT2D eigenvalue weighted by Crippen LogP contribution is 2.23. The monoisotopic (exact) mass is 492 g/mol. The van der Waals surface area contributed by atoms with Gasteiger partial charge in [-0.05, 0) is 56.7 Å². The Labute approximate surface area is 218 Å². The maximum Gasteiger partial charge on any atom is 0.253 e. The Morgan fingerprint density at radius 3 is 2.38 bits per heavy atom. The lowest BCUT2D eigenvalue weighted by atomic mass is 9.98. The quantitative estimate of drug-likeness (QED) is 0.354. The molecule has 2 aromatic rings. The minimum atomic E-state index is -0.255. The van der Waals surface area contributed by atoms with Crippen molar-refractivity contribution in [2.75, 3.05) is 18.9 Å². The molecule has 1 N–H and O–H groups in total. The fourth-order valence-corrected chi connectivity index (χ4v) is 3.82. The van der Waals surface area contributed by atoms with Gasteiger partial charge in [-0.1, -0.05) is 55.7 Å². The lowest BCUT2D eigenvalue weighted by Gasteiger charge is -2.17. The molecule has 1 aliphatic carbocycles. The van der Waals surface area contributed by atoms with Gasteiger partial charge in [0.1, 0.15) is 0 Å². The van der Waals surface area contributed by atoms with Gasteiger partial charge in [-0.25, -0.2) is 4.99 Å². The second-order valence-electron chi connectivity index (χ2n) is 8.66. The van der Waals surface area contributed by atoms with E-state index in [1.807, 2.05) is 55.5 Å². The van der Waals surface area contributed by atoms with Crippen LogP contribution in [0.1, 0.15) is 35.3 Å². The first kappa shape index (κ1) is 27.0. The molecule has 6 heteroatoms. The van der Waals surface area contributed by atoms with Gasteiger partial charge in [-0.2, -0.15) is 0 Å². The Bertz CT molecular complexity index is 1370. The first-order chi connectivity index (χ1) is 17.7. The lowest BCUT2D eigenvalue weighted by Crippen LogP contribution is -2.28. The predicted molar refractivity (Wildman–Crippen MR) is 154 cm³/mol. The van der Waals surface area contributed by atoms with Gasteiger partial charge in [0.2, 0.25) is 0 Å². The van der Waals surface area contributed by atoms with E-state index >= 15 is 0 Å². The highest BCUT2D eigenvalue weighted by Gasteiger charge is 2.16. The van der Waals surface area contributed by atoms with Crippen molar-refractivity contribution in [1.29, 1.82) is 0 Å². The summed E-state index contributed by atoms with van der Waals surface area (Å²) in [5.74, 6) is -0.411. The predicted octanol–water partition coefficient (Wildman–Crippen LogP) is 6.16. The number of anilines is 1. The van der Waals surface area contributed by atoms with Crippen molar-refractivity contribution in [3.63, 3.8) is 0 Å². The number of nitrogens with one attached hydrogen (secondary N) is 1. The molecule has 1 aliphatic rings. The van der Waals surface area contributed by atoms with Crippen LogP contribution < -0.4 is 5.32 Å². The van der Waals surface area contributed by atoms with E-state index in [4.69, 9.17) is 4.99 Å². The summed E-state index contributed by atoms with van der Waals surface area (Å²) >= 11 is 0.